The fraction of sp³-hybridized carbons (Fsp3) is 0.333. The van der Waals surface area contributed by atoms with Crippen molar-refractivity contribution in [3.8, 4) is 22.6 Å². The summed E-state index contributed by atoms with van der Waals surface area (Å²) in [5.41, 5.74) is -4.72. The van der Waals surface area contributed by atoms with Gasteiger partial charge in [-0.05, 0) is 6.42 Å². The summed E-state index contributed by atoms with van der Waals surface area (Å²) in [6.07, 6.45) is 0.460. The maximum Gasteiger partial charge on any atom is 0.204 e. The molecule has 0 aromatic heterocycles. The van der Waals surface area contributed by atoms with Gasteiger partial charge < -0.3 is 14.6 Å². The average molecular weight is 428 g/mol. The van der Waals surface area contributed by atoms with Crippen molar-refractivity contribution in [3.05, 3.63) is 46.5 Å². The van der Waals surface area contributed by atoms with Crippen molar-refractivity contribution < 1.29 is 49.7 Å². The van der Waals surface area contributed by atoms with Crippen LogP contribution in [0.5, 0.6) is 11.5 Å². The topological polar surface area (TPSA) is 38.7 Å². The molecule has 0 bridgehead atoms. The number of benzene rings is 2. The van der Waals surface area contributed by atoms with Gasteiger partial charge in [-0.1, -0.05) is 6.92 Å². The Labute approximate surface area is 158 Å². The first-order valence-corrected chi connectivity index (χ1v) is 8.18. The van der Waals surface area contributed by atoms with Crippen LogP contribution in [0.1, 0.15) is 13.3 Å². The predicted molar refractivity (Wildman–Crippen MR) is 82.2 cm³/mol. The monoisotopic (exact) mass is 428 g/mol. The van der Waals surface area contributed by atoms with E-state index < -0.39 is 74.6 Å². The molecule has 1 N–H and O–H groups in total. The lowest BCUT2D eigenvalue weighted by atomic mass is 9.84. The Morgan fingerprint density at radius 3 is 1.52 bits per heavy atom. The van der Waals surface area contributed by atoms with E-state index in [2.05, 4.69) is 0 Å². The SMILES string of the molecule is CCC1(COc2c(F)c(F)c(-c3c(F)c(F)c(O)c(F)c3F)c(F)c2F)COC1. The molecule has 1 heterocycles. The van der Waals surface area contributed by atoms with E-state index in [0.29, 0.717) is 6.42 Å². The predicted octanol–water partition coefficient (Wildman–Crippen LogP) is 4.98. The second-order valence-corrected chi connectivity index (χ2v) is 6.57. The molecule has 3 nitrogen and oxygen atoms in total. The zero-order chi connectivity index (χ0) is 21.7. The van der Waals surface area contributed by atoms with E-state index in [4.69, 9.17) is 14.6 Å². The first kappa shape index (κ1) is 21.2. The summed E-state index contributed by atoms with van der Waals surface area (Å²) in [6, 6.07) is 0. The van der Waals surface area contributed by atoms with Crippen LogP contribution >= 0.6 is 0 Å². The molecule has 1 saturated heterocycles. The number of hydrogen-bond donors (Lipinski definition) is 1. The minimum absolute atomic E-state index is 0.179. The molecule has 2 aromatic carbocycles. The van der Waals surface area contributed by atoms with Crippen molar-refractivity contribution >= 4 is 0 Å². The lowest BCUT2D eigenvalue weighted by Gasteiger charge is -2.40. The maximum atomic E-state index is 14.4. The Bertz CT molecular complexity index is 925. The average Bonchev–Trinajstić information content (AvgIpc) is 2.67. The summed E-state index contributed by atoms with van der Waals surface area (Å²) in [5.74, 6) is -22.2. The summed E-state index contributed by atoms with van der Waals surface area (Å²) < 4.78 is 122. The number of ether oxygens (including phenoxy) is 2. The van der Waals surface area contributed by atoms with Crippen LogP contribution in [0.3, 0.4) is 0 Å². The number of phenolic OH excluding ortho intramolecular Hbond substituents is 1. The Balaban J connectivity index is 2.15. The second kappa shape index (κ2) is 7.36. The zero-order valence-electron chi connectivity index (χ0n) is 14.6. The molecule has 0 aliphatic carbocycles. The molecule has 0 spiro atoms. The van der Waals surface area contributed by atoms with Crippen LogP contribution in [0.4, 0.5) is 35.1 Å². The summed E-state index contributed by atoms with van der Waals surface area (Å²) in [4.78, 5) is 0. The van der Waals surface area contributed by atoms with Gasteiger partial charge in [0.15, 0.2) is 34.8 Å². The molecule has 3 rings (SSSR count). The van der Waals surface area contributed by atoms with Gasteiger partial charge in [0.05, 0.1) is 36.4 Å². The summed E-state index contributed by atoms with van der Waals surface area (Å²) in [5, 5.41) is 8.93. The number of phenols is 1. The van der Waals surface area contributed by atoms with Gasteiger partial charge in [-0.15, -0.1) is 0 Å². The molecule has 0 amide bonds. The highest BCUT2D eigenvalue weighted by Gasteiger charge is 2.39. The molecule has 0 atom stereocenters. The van der Waals surface area contributed by atoms with E-state index in [9.17, 15) is 35.1 Å². The minimum atomic E-state index is -2.44. The number of hydrogen-bond acceptors (Lipinski definition) is 3. The molecule has 1 aliphatic rings. The Kier molecular flexibility index (Phi) is 5.37. The van der Waals surface area contributed by atoms with Gasteiger partial charge in [0, 0.05) is 0 Å². The molecule has 158 valence electrons. The molecule has 1 fully saturated rings. The van der Waals surface area contributed by atoms with Crippen molar-refractivity contribution in [2.75, 3.05) is 19.8 Å². The second-order valence-electron chi connectivity index (χ2n) is 6.57. The standard InChI is InChI=1S/C18H12F8O3/c1-2-18(3-28-4-18)5-29-17-14(25)10(21)7(11(22)15(17)26)6-8(19)12(23)16(27)13(24)9(6)20/h27H,2-5H2,1H3. The van der Waals surface area contributed by atoms with Crippen molar-refractivity contribution in [2.24, 2.45) is 5.41 Å². The lowest BCUT2D eigenvalue weighted by Crippen LogP contribution is -2.46. The fourth-order valence-corrected chi connectivity index (χ4v) is 2.80. The van der Waals surface area contributed by atoms with Crippen LogP contribution in [-0.2, 0) is 4.74 Å². The first-order chi connectivity index (χ1) is 13.6. The van der Waals surface area contributed by atoms with Crippen molar-refractivity contribution in [3.63, 3.8) is 0 Å². The van der Waals surface area contributed by atoms with Crippen LogP contribution in [0.2, 0.25) is 0 Å². The van der Waals surface area contributed by atoms with E-state index in [1.54, 1.807) is 6.92 Å². The molecule has 0 saturated carbocycles. The van der Waals surface area contributed by atoms with Crippen LogP contribution in [-0.4, -0.2) is 24.9 Å². The van der Waals surface area contributed by atoms with E-state index >= 15 is 0 Å². The Morgan fingerprint density at radius 2 is 1.17 bits per heavy atom. The first-order valence-electron chi connectivity index (χ1n) is 8.18. The fourth-order valence-electron chi connectivity index (χ4n) is 2.80. The zero-order valence-corrected chi connectivity index (χ0v) is 14.6. The molecular formula is C18H12F8O3. The number of halogens is 8. The summed E-state index contributed by atoms with van der Waals surface area (Å²) >= 11 is 0. The molecule has 1 aliphatic heterocycles. The minimum Gasteiger partial charge on any atom is -0.503 e. The van der Waals surface area contributed by atoms with E-state index in [1.807, 2.05) is 0 Å². The molecule has 0 unspecified atom stereocenters. The highest BCUT2D eigenvalue weighted by atomic mass is 19.2. The molecular weight excluding hydrogens is 416 g/mol. The van der Waals surface area contributed by atoms with Gasteiger partial charge in [-0.3, -0.25) is 0 Å². The van der Waals surface area contributed by atoms with Crippen LogP contribution in [0, 0.1) is 52.0 Å². The van der Waals surface area contributed by atoms with E-state index in [0.717, 1.165) is 0 Å². The molecule has 11 heteroatoms. The number of rotatable bonds is 5. The smallest absolute Gasteiger partial charge is 0.204 e. The highest BCUT2D eigenvalue weighted by Crippen LogP contribution is 2.42. The Hall–Kier alpha value is -2.56. The van der Waals surface area contributed by atoms with Gasteiger partial charge >= 0.3 is 0 Å². The molecule has 2 aromatic rings. The van der Waals surface area contributed by atoms with E-state index in [1.165, 1.54) is 0 Å². The van der Waals surface area contributed by atoms with Crippen molar-refractivity contribution in [1.82, 2.24) is 0 Å². The number of aromatic hydroxyl groups is 1. The van der Waals surface area contributed by atoms with Gasteiger partial charge in [-0.2, -0.15) is 17.6 Å². The van der Waals surface area contributed by atoms with Crippen LogP contribution < -0.4 is 4.74 Å². The van der Waals surface area contributed by atoms with Crippen molar-refractivity contribution in [2.45, 2.75) is 13.3 Å². The highest BCUT2D eigenvalue weighted by molar-refractivity contribution is 5.69. The van der Waals surface area contributed by atoms with Crippen LogP contribution in [0.25, 0.3) is 11.1 Å². The van der Waals surface area contributed by atoms with Crippen molar-refractivity contribution in [1.29, 1.82) is 0 Å². The molecule has 29 heavy (non-hydrogen) atoms. The lowest BCUT2D eigenvalue weighted by molar-refractivity contribution is -0.134. The molecule has 0 radical (unpaired) electrons. The third-order valence-electron chi connectivity index (χ3n) is 4.80. The van der Waals surface area contributed by atoms with Gasteiger partial charge in [0.25, 0.3) is 0 Å². The van der Waals surface area contributed by atoms with Crippen LogP contribution in [0.15, 0.2) is 0 Å². The normalized spacial score (nSPS) is 15.3. The third-order valence-corrected chi connectivity index (χ3v) is 4.80. The summed E-state index contributed by atoms with van der Waals surface area (Å²) in [7, 11) is 0. The van der Waals surface area contributed by atoms with Gasteiger partial charge in [0.2, 0.25) is 23.3 Å². The van der Waals surface area contributed by atoms with Gasteiger partial charge in [-0.25, -0.2) is 17.6 Å². The third kappa shape index (κ3) is 3.17. The maximum absolute atomic E-state index is 14.4. The summed E-state index contributed by atoms with van der Waals surface area (Å²) in [6.45, 7) is 1.71. The Morgan fingerprint density at radius 1 is 0.759 bits per heavy atom. The van der Waals surface area contributed by atoms with Gasteiger partial charge in [0.1, 0.15) is 0 Å². The largest absolute Gasteiger partial charge is 0.503 e. The quantitative estimate of drug-likeness (QED) is 0.540. The van der Waals surface area contributed by atoms with E-state index in [-0.39, 0.29) is 19.8 Å².